The number of hydrogen-bond donors (Lipinski definition) is 3. The summed E-state index contributed by atoms with van der Waals surface area (Å²) in [5.74, 6) is -0.361. The van der Waals surface area contributed by atoms with E-state index in [9.17, 15) is 9.59 Å². The Morgan fingerprint density at radius 2 is 2.09 bits per heavy atom. The molecule has 2 heterocycles. The lowest BCUT2D eigenvalue weighted by atomic mass is 9.95. The van der Waals surface area contributed by atoms with Gasteiger partial charge in [-0.3, -0.25) is 9.59 Å². The topological polar surface area (TPSA) is 91.6 Å². The molecule has 0 aromatic carbocycles. The first kappa shape index (κ1) is 17.2. The molecule has 3 N–H and O–H groups in total. The Morgan fingerprint density at radius 3 is 2.70 bits per heavy atom. The van der Waals surface area contributed by atoms with Gasteiger partial charge in [0.2, 0.25) is 0 Å². The molecule has 0 aliphatic rings. The van der Waals surface area contributed by atoms with E-state index in [1.54, 1.807) is 24.3 Å². The summed E-state index contributed by atoms with van der Waals surface area (Å²) >= 11 is 1.19. The van der Waals surface area contributed by atoms with Crippen molar-refractivity contribution in [3.8, 4) is 0 Å². The molecular formula is C16H20N2O4S. The van der Waals surface area contributed by atoms with Crippen molar-refractivity contribution in [3.05, 3.63) is 41.2 Å². The zero-order chi connectivity index (χ0) is 16.9. The second-order valence-corrected chi connectivity index (χ2v) is 6.52. The van der Waals surface area contributed by atoms with Crippen molar-refractivity contribution in [1.82, 2.24) is 5.32 Å². The van der Waals surface area contributed by atoms with E-state index < -0.39 is 5.54 Å². The van der Waals surface area contributed by atoms with Crippen LogP contribution in [0.1, 0.15) is 46.9 Å². The number of amides is 2. The van der Waals surface area contributed by atoms with E-state index >= 15 is 0 Å². The van der Waals surface area contributed by atoms with Crippen molar-refractivity contribution in [2.75, 3.05) is 11.9 Å². The normalized spacial score (nSPS) is 13.3. The Kier molecular flexibility index (Phi) is 5.57. The second kappa shape index (κ2) is 7.43. The number of thiophene rings is 1. The molecule has 0 aliphatic heterocycles. The van der Waals surface area contributed by atoms with E-state index in [1.807, 2.05) is 13.8 Å². The molecule has 1 atom stereocenters. The average Bonchev–Trinajstić information content (AvgIpc) is 3.18. The van der Waals surface area contributed by atoms with Crippen LogP contribution in [0.25, 0.3) is 0 Å². The SMILES string of the molecule is CCC(C)(CCO)NC(=O)c1ccc(NC(=O)c2ccco2)s1. The molecule has 2 amide bonds. The molecule has 0 spiro atoms. The van der Waals surface area contributed by atoms with Gasteiger partial charge in [-0.05, 0) is 44.0 Å². The summed E-state index contributed by atoms with van der Waals surface area (Å²) in [6.07, 6.45) is 2.63. The van der Waals surface area contributed by atoms with Crippen LogP contribution >= 0.6 is 11.3 Å². The fraction of sp³-hybridized carbons (Fsp3) is 0.375. The van der Waals surface area contributed by atoms with E-state index in [0.717, 1.165) is 0 Å². The van der Waals surface area contributed by atoms with Gasteiger partial charge in [-0.1, -0.05) is 6.92 Å². The van der Waals surface area contributed by atoms with E-state index in [4.69, 9.17) is 9.52 Å². The van der Waals surface area contributed by atoms with Crippen molar-refractivity contribution in [1.29, 1.82) is 0 Å². The molecule has 1 unspecified atom stereocenters. The number of carbonyl (C=O) groups is 2. The van der Waals surface area contributed by atoms with Crippen LogP contribution in [0.3, 0.4) is 0 Å². The zero-order valence-electron chi connectivity index (χ0n) is 13.1. The molecule has 124 valence electrons. The summed E-state index contributed by atoms with van der Waals surface area (Å²) in [5.41, 5.74) is -0.451. The van der Waals surface area contributed by atoms with Gasteiger partial charge in [-0.25, -0.2) is 0 Å². The molecule has 2 aromatic rings. The molecule has 0 saturated heterocycles. The van der Waals surface area contributed by atoms with Gasteiger partial charge in [0.05, 0.1) is 16.1 Å². The van der Waals surface area contributed by atoms with Crippen molar-refractivity contribution in [3.63, 3.8) is 0 Å². The Labute approximate surface area is 138 Å². The Balaban J connectivity index is 2.01. The van der Waals surface area contributed by atoms with Gasteiger partial charge >= 0.3 is 0 Å². The number of rotatable bonds is 7. The molecule has 0 saturated carbocycles. The number of aliphatic hydroxyl groups excluding tert-OH is 1. The lowest BCUT2D eigenvalue weighted by Gasteiger charge is -2.28. The molecule has 2 rings (SSSR count). The van der Waals surface area contributed by atoms with Crippen LogP contribution in [0.2, 0.25) is 0 Å². The maximum absolute atomic E-state index is 12.3. The number of aliphatic hydroxyl groups is 1. The Hall–Kier alpha value is -2.12. The third kappa shape index (κ3) is 4.43. The Morgan fingerprint density at radius 1 is 1.30 bits per heavy atom. The van der Waals surface area contributed by atoms with Crippen molar-refractivity contribution in [2.24, 2.45) is 0 Å². The molecule has 7 heteroatoms. The molecule has 0 fully saturated rings. The molecular weight excluding hydrogens is 316 g/mol. The van der Waals surface area contributed by atoms with Crippen LogP contribution in [0.4, 0.5) is 5.00 Å². The molecule has 6 nitrogen and oxygen atoms in total. The summed E-state index contributed by atoms with van der Waals surface area (Å²) in [6, 6.07) is 6.54. The highest BCUT2D eigenvalue weighted by molar-refractivity contribution is 7.18. The van der Waals surface area contributed by atoms with Gasteiger partial charge in [0.25, 0.3) is 11.8 Å². The maximum Gasteiger partial charge on any atom is 0.291 e. The highest BCUT2D eigenvalue weighted by Gasteiger charge is 2.25. The van der Waals surface area contributed by atoms with Gasteiger partial charge in [0, 0.05) is 12.1 Å². The summed E-state index contributed by atoms with van der Waals surface area (Å²) < 4.78 is 5.02. The molecule has 0 bridgehead atoms. The van der Waals surface area contributed by atoms with Crippen LogP contribution in [0.5, 0.6) is 0 Å². The van der Waals surface area contributed by atoms with E-state index in [2.05, 4.69) is 10.6 Å². The molecule has 23 heavy (non-hydrogen) atoms. The summed E-state index contributed by atoms with van der Waals surface area (Å²) in [7, 11) is 0. The smallest absolute Gasteiger partial charge is 0.291 e. The van der Waals surface area contributed by atoms with Crippen LogP contribution in [0.15, 0.2) is 34.9 Å². The van der Waals surface area contributed by atoms with E-state index in [-0.39, 0.29) is 24.2 Å². The zero-order valence-corrected chi connectivity index (χ0v) is 13.9. The van der Waals surface area contributed by atoms with Gasteiger partial charge in [0.1, 0.15) is 0 Å². The highest BCUT2D eigenvalue weighted by Crippen LogP contribution is 2.24. The minimum absolute atomic E-state index is 0.0134. The first-order valence-electron chi connectivity index (χ1n) is 7.35. The standard InChI is InChI=1S/C16H20N2O4S/c1-3-16(2,8-9-19)18-15(21)12-6-7-13(23-12)17-14(20)11-5-4-10-22-11/h4-7,10,19H,3,8-9H2,1-2H3,(H,17,20)(H,18,21). The first-order valence-corrected chi connectivity index (χ1v) is 8.17. The lowest BCUT2D eigenvalue weighted by Crippen LogP contribution is -2.45. The number of furan rings is 1. The number of carbonyl (C=O) groups excluding carboxylic acids is 2. The monoisotopic (exact) mass is 336 g/mol. The predicted octanol–water partition coefficient (Wildman–Crippen LogP) is 2.87. The number of hydrogen-bond acceptors (Lipinski definition) is 5. The summed E-state index contributed by atoms with van der Waals surface area (Å²) in [5, 5.41) is 15.3. The second-order valence-electron chi connectivity index (χ2n) is 5.44. The third-order valence-electron chi connectivity index (χ3n) is 3.67. The van der Waals surface area contributed by atoms with Crippen LogP contribution in [0, 0.1) is 0 Å². The first-order chi connectivity index (χ1) is 11.0. The van der Waals surface area contributed by atoms with Crippen LogP contribution < -0.4 is 10.6 Å². The van der Waals surface area contributed by atoms with E-state index in [1.165, 1.54) is 17.6 Å². The van der Waals surface area contributed by atoms with E-state index in [0.29, 0.717) is 22.7 Å². The molecule has 0 aliphatic carbocycles. The van der Waals surface area contributed by atoms with Crippen molar-refractivity contribution < 1.29 is 19.1 Å². The average molecular weight is 336 g/mol. The van der Waals surface area contributed by atoms with Gasteiger partial charge in [-0.2, -0.15) is 0 Å². The largest absolute Gasteiger partial charge is 0.459 e. The van der Waals surface area contributed by atoms with Crippen LogP contribution in [-0.2, 0) is 0 Å². The lowest BCUT2D eigenvalue weighted by molar-refractivity contribution is 0.0889. The minimum atomic E-state index is -0.451. The predicted molar refractivity (Wildman–Crippen MR) is 88.8 cm³/mol. The molecule has 0 radical (unpaired) electrons. The molecule has 2 aromatic heterocycles. The summed E-state index contributed by atoms with van der Waals surface area (Å²) in [6.45, 7) is 3.87. The number of nitrogens with one attached hydrogen (secondary N) is 2. The quantitative estimate of drug-likeness (QED) is 0.725. The van der Waals surface area contributed by atoms with Gasteiger partial charge in [-0.15, -0.1) is 11.3 Å². The fourth-order valence-corrected chi connectivity index (χ4v) is 2.82. The highest BCUT2D eigenvalue weighted by atomic mass is 32.1. The third-order valence-corrected chi connectivity index (χ3v) is 4.67. The number of anilines is 1. The van der Waals surface area contributed by atoms with Crippen molar-refractivity contribution >= 4 is 28.2 Å². The van der Waals surface area contributed by atoms with Crippen molar-refractivity contribution in [2.45, 2.75) is 32.2 Å². The van der Waals surface area contributed by atoms with Gasteiger partial charge < -0.3 is 20.2 Å². The van der Waals surface area contributed by atoms with Gasteiger partial charge in [0.15, 0.2) is 5.76 Å². The fourth-order valence-electron chi connectivity index (χ4n) is 2.02. The summed E-state index contributed by atoms with van der Waals surface area (Å²) in [4.78, 5) is 24.7. The minimum Gasteiger partial charge on any atom is -0.459 e. The Bertz CT molecular complexity index is 665. The maximum atomic E-state index is 12.3. The van der Waals surface area contributed by atoms with Crippen LogP contribution in [-0.4, -0.2) is 29.1 Å².